The first-order valence-corrected chi connectivity index (χ1v) is 5.27. The lowest BCUT2D eigenvalue weighted by Gasteiger charge is -2.23. The van der Waals surface area contributed by atoms with Gasteiger partial charge in [-0.1, -0.05) is 0 Å². The van der Waals surface area contributed by atoms with Crippen molar-refractivity contribution in [3.05, 3.63) is 16.7 Å². The fourth-order valence-corrected chi connectivity index (χ4v) is 1.39. The molecule has 2 heterocycles. The van der Waals surface area contributed by atoms with Crippen LogP contribution in [-0.2, 0) is 4.74 Å². The van der Waals surface area contributed by atoms with E-state index in [0.717, 1.165) is 4.90 Å². The first-order chi connectivity index (χ1) is 8.63. The van der Waals surface area contributed by atoms with Gasteiger partial charge in [0.1, 0.15) is 6.73 Å². The average Bonchev–Trinajstić information content (AvgIpc) is 2.78. The largest absolute Gasteiger partial charge is 0.361 e. The summed E-state index contributed by atoms with van der Waals surface area (Å²) in [5, 5.41) is 18.4. The van der Waals surface area contributed by atoms with Crippen molar-refractivity contribution in [3.63, 3.8) is 0 Å². The number of aliphatic hydroxyl groups excluding tert-OH is 1. The third kappa shape index (κ3) is 2.32. The first-order valence-electron chi connectivity index (χ1n) is 5.27. The number of H-pyrrole nitrogens is 2. The van der Waals surface area contributed by atoms with Crippen LogP contribution in [0.25, 0.3) is 11.2 Å². The van der Waals surface area contributed by atoms with Crippen molar-refractivity contribution in [1.82, 2.24) is 19.9 Å². The number of rotatable bonds is 5. The summed E-state index contributed by atoms with van der Waals surface area (Å²) >= 11 is 0. The number of aliphatic hydroxyl groups is 2. The number of nitrogens with one attached hydrogen (secondary N) is 2. The van der Waals surface area contributed by atoms with Crippen LogP contribution in [0.15, 0.2) is 11.1 Å². The number of anilines is 1. The van der Waals surface area contributed by atoms with Crippen LogP contribution < -0.4 is 10.5 Å². The number of hydrogen-bond donors (Lipinski definition) is 4. The monoisotopic (exact) mass is 255 g/mol. The molecule has 0 saturated carbocycles. The number of hydrogen-bond acceptors (Lipinski definition) is 7. The molecule has 0 amide bonds. The summed E-state index contributed by atoms with van der Waals surface area (Å²) in [5.41, 5.74) is -0.0342. The molecular formula is C9H13N5O4. The minimum Gasteiger partial charge on any atom is -0.361 e. The molecule has 0 bridgehead atoms. The molecule has 9 heteroatoms. The highest BCUT2D eigenvalue weighted by molar-refractivity contribution is 5.69. The molecule has 0 aliphatic heterocycles. The van der Waals surface area contributed by atoms with E-state index in [-0.39, 0.29) is 23.8 Å². The molecule has 0 aliphatic carbocycles. The van der Waals surface area contributed by atoms with Crippen molar-refractivity contribution >= 4 is 17.1 Å². The van der Waals surface area contributed by atoms with E-state index in [4.69, 9.17) is 4.74 Å². The molecule has 0 radical (unpaired) electrons. The third-order valence-corrected chi connectivity index (χ3v) is 2.27. The predicted octanol–water partition coefficient (Wildman–Crippen LogP) is -1.29. The van der Waals surface area contributed by atoms with Gasteiger partial charge in [-0.05, 0) is 6.92 Å². The van der Waals surface area contributed by atoms with Crippen molar-refractivity contribution in [2.45, 2.75) is 13.3 Å². The molecule has 2 aromatic heterocycles. The van der Waals surface area contributed by atoms with E-state index in [2.05, 4.69) is 19.9 Å². The SMILES string of the molecule is CCOCN(c1nc2nc[nH]c2c(=O)[nH]1)C(O)O. The third-order valence-electron chi connectivity index (χ3n) is 2.27. The van der Waals surface area contributed by atoms with Crippen LogP contribution in [0.5, 0.6) is 0 Å². The van der Waals surface area contributed by atoms with E-state index < -0.39 is 12.0 Å². The van der Waals surface area contributed by atoms with Crippen LogP contribution in [0, 0.1) is 0 Å². The predicted molar refractivity (Wildman–Crippen MR) is 61.7 cm³/mol. The maximum Gasteiger partial charge on any atom is 0.278 e. The van der Waals surface area contributed by atoms with Crippen LogP contribution in [0.4, 0.5) is 5.95 Å². The zero-order chi connectivity index (χ0) is 13.1. The quantitative estimate of drug-likeness (QED) is 0.490. The Morgan fingerprint density at radius 1 is 1.56 bits per heavy atom. The van der Waals surface area contributed by atoms with Crippen LogP contribution in [0.3, 0.4) is 0 Å². The van der Waals surface area contributed by atoms with Crippen LogP contribution in [-0.4, -0.2) is 49.9 Å². The number of aromatic nitrogens is 4. The fraction of sp³-hybridized carbons (Fsp3) is 0.444. The van der Waals surface area contributed by atoms with E-state index in [1.165, 1.54) is 6.33 Å². The van der Waals surface area contributed by atoms with E-state index in [1.807, 2.05) is 0 Å². The lowest BCUT2D eigenvalue weighted by molar-refractivity contribution is -0.0583. The fourth-order valence-electron chi connectivity index (χ4n) is 1.39. The highest BCUT2D eigenvalue weighted by Crippen LogP contribution is 2.10. The summed E-state index contributed by atoms with van der Waals surface area (Å²) in [7, 11) is 0. The number of ether oxygens (including phenoxy) is 1. The van der Waals surface area contributed by atoms with Crippen molar-refractivity contribution in [2.24, 2.45) is 0 Å². The number of fused-ring (bicyclic) bond motifs is 1. The van der Waals surface area contributed by atoms with Gasteiger partial charge >= 0.3 is 0 Å². The molecule has 9 nitrogen and oxygen atoms in total. The standard InChI is InChI=1S/C9H13N5O4/c1-2-18-4-14(9(16)17)8-12-6-5(7(15)13-8)10-3-11-6/h3,9,16-17H,2,4H2,1H3,(H2,10,11,12,13,15). The molecule has 18 heavy (non-hydrogen) atoms. The highest BCUT2D eigenvalue weighted by atomic mass is 16.5. The molecule has 0 fully saturated rings. The Kier molecular flexibility index (Phi) is 3.55. The Labute approximate surface area is 101 Å². The van der Waals surface area contributed by atoms with Gasteiger partial charge in [-0.2, -0.15) is 4.98 Å². The van der Waals surface area contributed by atoms with Gasteiger partial charge in [0.05, 0.1) is 6.33 Å². The molecular weight excluding hydrogens is 242 g/mol. The zero-order valence-corrected chi connectivity index (χ0v) is 9.62. The summed E-state index contributed by atoms with van der Waals surface area (Å²) in [6.07, 6.45) is -0.505. The maximum absolute atomic E-state index is 11.7. The Hall–Kier alpha value is -1.97. The van der Waals surface area contributed by atoms with Gasteiger partial charge < -0.3 is 19.9 Å². The molecule has 0 unspecified atom stereocenters. The first kappa shape index (κ1) is 12.5. The maximum atomic E-state index is 11.7. The van der Waals surface area contributed by atoms with Gasteiger partial charge in [-0.3, -0.25) is 14.7 Å². The normalized spacial score (nSPS) is 11.3. The van der Waals surface area contributed by atoms with Gasteiger partial charge in [-0.15, -0.1) is 0 Å². The molecule has 2 aromatic rings. The van der Waals surface area contributed by atoms with Crippen molar-refractivity contribution in [2.75, 3.05) is 18.2 Å². The molecule has 98 valence electrons. The van der Waals surface area contributed by atoms with Gasteiger partial charge in [0.25, 0.3) is 5.56 Å². The van der Waals surface area contributed by atoms with Gasteiger partial charge in [0, 0.05) is 6.61 Å². The molecule has 0 aliphatic rings. The van der Waals surface area contributed by atoms with Crippen molar-refractivity contribution in [1.29, 1.82) is 0 Å². The topological polar surface area (TPSA) is 127 Å². The van der Waals surface area contributed by atoms with Crippen molar-refractivity contribution in [3.8, 4) is 0 Å². The van der Waals surface area contributed by atoms with E-state index in [0.29, 0.717) is 6.61 Å². The lowest BCUT2D eigenvalue weighted by Crippen LogP contribution is -2.39. The molecule has 0 atom stereocenters. The second-order valence-corrected chi connectivity index (χ2v) is 3.43. The Bertz CT molecular complexity index is 578. The van der Waals surface area contributed by atoms with E-state index in [9.17, 15) is 15.0 Å². The Balaban J connectivity index is 2.40. The number of imidazole rings is 1. The zero-order valence-electron chi connectivity index (χ0n) is 9.62. The number of nitrogens with zero attached hydrogens (tertiary/aromatic N) is 3. The summed E-state index contributed by atoms with van der Waals surface area (Å²) in [6, 6.07) is 0. The van der Waals surface area contributed by atoms with Crippen LogP contribution in [0.2, 0.25) is 0 Å². The Morgan fingerprint density at radius 2 is 2.33 bits per heavy atom. The molecule has 4 N–H and O–H groups in total. The van der Waals surface area contributed by atoms with Gasteiger partial charge in [-0.25, -0.2) is 4.98 Å². The smallest absolute Gasteiger partial charge is 0.278 e. The average molecular weight is 255 g/mol. The summed E-state index contributed by atoms with van der Waals surface area (Å²) in [5.74, 6) is -0.0250. The summed E-state index contributed by atoms with van der Waals surface area (Å²) < 4.78 is 5.06. The Morgan fingerprint density at radius 3 is 3.00 bits per heavy atom. The second kappa shape index (κ2) is 5.12. The van der Waals surface area contributed by atoms with Crippen LogP contribution >= 0.6 is 0 Å². The molecule has 0 spiro atoms. The van der Waals surface area contributed by atoms with E-state index >= 15 is 0 Å². The summed E-state index contributed by atoms with van der Waals surface area (Å²) in [6.45, 7) is 2.03. The van der Waals surface area contributed by atoms with Gasteiger partial charge in [0.2, 0.25) is 12.4 Å². The summed E-state index contributed by atoms with van der Waals surface area (Å²) in [4.78, 5) is 25.5. The lowest BCUT2D eigenvalue weighted by atomic mass is 10.5. The molecule has 2 rings (SSSR count). The highest BCUT2D eigenvalue weighted by Gasteiger charge is 2.17. The molecule has 0 saturated heterocycles. The number of aromatic amines is 2. The molecule has 0 aromatic carbocycles. The minimum atomic E-state index is -1.84. The van der Waals surface area contributed by atoms with E-state index in [1.54, 1.807) is 6.92 Å². The van der Waals surface area contributed by atoms with Crippen molar-refractivity contribution < 1.29 is 14.9 Å². The van der Waals surface area contributed by atoms with Crippen LogP contribution in [0.1, 0.15) is 6.92 Å². The van der Waals surface area contributed by atoms with Gasteiger partial charge in [0.15, 0.2) is 11.2 Å². The second-order valence-electron chi connectivity index (χ2n) is 3.43. The minimum absolute atomic E-state index is 0.0250.